The predicted octanol–water partition coefficient (Wildman–Crippen LogP) is 1.89. The summed E-state index contributed by atoms with van der Waals surface area (Å²) in [4.78, 5) is 39.2. The Morgan fingerprint density at radius 1 is 1.14 bits per heavy atom. The molecule has 29 heavy (non-hydrogen) atoms. The number of benzene rings is 1. The van der Waals surface area contributed by atoms with Crippen molar-refractivity contribution in [3.8, 4) is 0 Å². The van der Waals surface area contributed by atoms with Gasteiger partial charge in [-0.3, -0.25) is 19.7 Å². The van der Waals surface area contributed by atoms with E-state index in [1.54, 1.807) is 19.3 Å². The van der Waals surface area contributed by atoms with E-state index >= 15 is 0 Å². The number of amides is 2. The number of esters is 1. The van der Waals surface area contributed by atoms with E-state index in [-0.39, 0.29) is 16.7 Å². The first-order chi connectivity index (χ1) is 13.7. The van der Waals surface area contributed by atoms with Gasteiger partial charge < -0.3 is 13.9 Å². The smallest absolute Gasteiger partial charge is 0.449 e. The Kier molecular flexibility index (Phi) is 5.39. The second-order valence-electron chi connectivity index (χ2n) is 6.05. The van der Waals surface area contributed by atoms with E-state index in [0.717, 1.165) is 0 Å². The molecular formula is C18H15F3N4O4. The van der Waals surface area contributed by atoms with Gasteiger partial charge in [0.25, 0.3) is 11.8 Å². The number of aromatic nitrogens is 3. The maximum Gasteiger partial charge on any atom is 0.449 e. The van der Waals surface area contributed by atoms with Crippen molar-refractivity contribution in [2.75, 3.05) is 6.61 Å². The van der Waals surface area contributed by atoms with Crippen LogP contribution in [0.5, 0.6) is 0 Å². The van der Waals surface area contributed by atoms with E-state index in [1.807, 2.05) is 5.32 Å². The van der Waals surface area contributed by atoms with Crippen LogP contribution < -0.4 is 5.32 Å². The number of ether oxygens (including phenoxy) is 1. The molecule has 0 aliphatic rings. The lowest BCUT2D eigenvalue weighted by atomic mass is 10.3. The Morgan fingerprint density at radius 3 is 2.52 bits per heavy atom. The van der Waals surface area contributed by atoms with Gasteiger partial charge in [0.1, 0.15) is 12.2 Å². The SMILES string of the molecule is Cn1cccc1C(=O)NC(=O)COC(=O)Cn1c(C(F)(F)F)nc2ccccc21. The predicted molar refractivity (Wildman–Crippen MR) is 93.6 cm³/mol. The van der Waals surface area contributed by atoms with E-state index in [4.69, 9.17) is 4.74 Å². The highest BCUT2D eigenvalue weighted by Gasteiger charge is 2.38. The highest BCUT2D eigenvalue weighted by atomic mass is 19.4. The quantitative estimate of drug-likeness (QED) is 0.651. The van der Waals surface area contributed by atoms with Gasteiger partial charge in [0, 0.05) is 13.2 Å². The highest BCUT2D eigenvalue weighted by molar-refractivity contribution is 6.04. The molecule has 0 saturated carbocycles. The maximum absolute atomic E-state index is 13.2. The van der Waals surface area contributed by atoms with Gasteiger partial charge in [-0.1, -0.05) is 12.1 Å². The lowest BCUT2D eigenvalue weighted by Gasteiger charge is -2.11. The molecule has 3 aromatic rings. The number of rotatable bonds is 5. The zero-order chi connectivity index (χ0) is 21.2. The number of imidazole rings is 1. The van der Waals surface area contributed by atoms with Gasteiger partial charge in [-0.2, -0.15) is 13.2 Å². The third-order valence-electron chi connectivity index (χ3n) is 3.99. The number of para-hydroxylation sites is 2. The number of nitrogens with zero attached hydrogens (tertiary/aromatic N) is 3. The third kappa shape index (κ3) is 4.45. The molecule has 2 amide bonds. The number of hydrogen-bond donors (Lipinski definition) is 1. The monoisotopic (exact) mass is 408 g/mol. The molecule has 1 aromatic carbocycles. The summed E-state index contributed by atoms with van der Waals surface area (Å²) in [6.07, 6.45) is -3.18. The van der Waals surface area contributed by atoms with Crippen LogP contribution in [0.4, 0.5) is 13.2 Å². The number of nitrogens with one attached hydrogen (secondary N) is 1. The van der Waals surface area contributed by atoms with Crippen LogP contribution >= 0.6 is 0 Å². The van der Waals surface area contributed by atoms with Crippen molar-refractivity contribution in [2.45, 2.75) is 12.7 Å². The van der Waals surface area contributed by atoms with Gasteiger partial charge in [0.2, 0.25) is 5.82 Å². The Hall–Kier alpha value is -3.63. The van der Waals surface area contributed by atoms with E-state index in [0.29, 0.717) is 4.57 Å². The van der Waals surface area contributed by atoms with Crippen molar-refractivity contribution in [1.29, 1.82) is 0 Å². The van der Waals surface area contributed by atoms with Crippen molar-refractivity contribution in [1.82, 2.24) is 19.4 Å². The molecule has 0 spiro atoms. The lowest BCUT2D eigenvalue weighted by Crippen LogP contribution is -2.35. The Labute approximate surface area is 161 Å². The van der Waals surface area contributed by atoms with Gasteiger partial charge in [0.15, 0.2) is 6.61 Å². The van der Waals surface area contributed by atoms with Gasteiger partial charge in [-0.05, 0) is 24.3 Å². The molecule has 0 radical (unpaired) electrons. The van der Waals surface area contributed by atoms with Crippen LogP contribution in [0.15, 0.2) is 42.6 Å². The molecule has 0 aliphatic carbocycles. The van der Waals surface area contributed by atoms with E-state index in [9.17, 15) is 27.6 Å². The first-order valence-electron chi connectivity index (χ1n) is 8.30. The van der Waals surface area contributed by atoms with Gasteiger partial charge in [-0.15, -0.1) is 0 Å². The fourth-order valence-corrected chi connectivity index (χ4v) is 2.70. The Morgan fingerprint density at radius 2 is 1.86 bits per heavy atom. The average Bonchev–Trinajstić information content (AvgIpc) is 3.24. The number of carbonyl (C=O) groups excluding carboxylic acids is 3. The van der Waals surface area contributed by atoms with Crippen LogP contribution in [0.25, 0.3) is 11.0 Å². The van der Waals surface area contributed by atoms with Crippen LogP contribution in [0.1, 0.15) is 16.3 Å². The number of hydrogen-bond acceptors (Lipinski definition) is 5. The van der Waals surface area contributed by atoms with Crippen LogP contribution in [0.3, 0.4) is 0 Å². The van der Waals surface area contributed by atoms with Crippen molar-refractivity contribution < 1.29 is 32.3 Å². The minimum Gasteiger partial charge on any atom is -0.454 e. The molecule has 8 nitrogen and oxygen atoms in total. The summed E-state index contributed by atoms with van der Waals surface area (Å²) >= 11 is 0. The fraction of sp³-hybridized carbons (Fsp3) is 0.222. The van der Waals surface area contributed by atoms with Crippen molar-refractivity contribution in [3.63, 3.8) is 0 Å². The summed E-state index contributed by atoms with van der Waals surface area (Å²) < 4.78 is 46.5. The molecule has 152 valence electrons. The van der Waals surface area contributed by atoms with Crippen LogP contribution in [-0.4, -0.2) is 38.5 Å². The minimum atomic E-state index is -4.78. The van der Waals surface area contributed by atoms with E-state index in [1.165, 1.54) is 34.9 Å². The standard InChI is InChI=1S/C18H15F3N4O4/c1-24-8-4-7-13(24)16(28)23-14(26)10-29-15(27)9-25-12-6-3-2-5-11(12)22-17(25)18(19,20)21/h2-8H,9-10H2,1H3,(H,23,26,28). The third-order valence-corrected chi connectivity index (χ3v) is 3.99. The zero-order valence-electron chi connectivity index (χ0n) is 15.1. The minimum absolute atomic E-state index is 0.0681. The normalized spacial score (nSPS) is 11.4. The Balaban J connectivity index is 1.65. The molecule has 0 unspecified atom stereocenters. The molecular weight excluding hydrogens is 393 g/mol. The number of alkyl halides is 3. The number of aryl methyl sites for hydroxylation is 1. The van der Waals surface area contributed by atoms with Crippen molar-refractivity contribution >= 4 is 28.8 Å². The molecule has 1 N–H and O–H groups in total. The first kappa shape index (κ1) is 20.1. The number of imide groups is 1. The van der Waals surface area contributed by atoms with Gasteiger partial charge in [-0.25, -0.2) is 4.98 Å². The molecule has 2 heterocycles. The highest BCUT2D eigenvalue weighted by Crippen LogP contribution is 2.31. The number of carbonyl (C=O) groups is 3. The number of fused-ring (bicyclic) bond motifs is 1. The number of halogens is 3. The summed E-state index contributed by atoms with van der Waals surface area (Å²) in [7, 11) is 1.60. The van der Waals surface area contributed by atoms with E-state index < -0.39 is 42.9 Å². The second-order valence-corrected chi connectivity index (χ2v) is 6.05. The second kappa shape index (κ2) is 7.78. The van der Waals surface area contributed by atoms with Crippen molar-refractivity contribution in [2.24, 2.45) is 7.05 Å². The van der Waals surface area contributed by atoms with E-state index in [2.05, 4.69) is 4.98 Å². The fourth-order valence-electron chi connectivity index (χ4n) is 2.70. The molecule has 0 fully saturated rings. The summed E-state index contributed by atoms with van der Waals surface area (Å²) in [6, 6.07) is 8.89. The largest absolute Gasteiger partial charge is 0.454 e. The molecule has 0 atom stereocenters. The molecule has 11 heteroatoms. The molecule has 0 aliphatic heterocycles. The molecule has 2 aromatic heterocycles. The van der Waals surface area contributed by atoms with Crippen LogP contribution in [0, 0.1) is 0 Å². The van der Waals surface area contributed by atoms with Gasteiger partial charge in [0.05, 0.1) is 11.0 Å². The lowest BCUT2D eigenvalue weighted by molar-refractivity contribution is -0.153. The average molecular weight is 408 g/mol. The summed E-state index contributed by atoms with van der Waals surface area (Å²) in [5.74, 6) is -3.94. The summed E-state index contributed by atoms with van der Waals surface area (Å²) in [5, 5.41) is 2.03. The topological polar surface area (TPSA) is 95.2 Å². The maximum atomic E-state index is 13.2. The van der Waals surface area contributed by atoms with Gasteiger partial charge >= 0.3 is 12.1 Å². The molecule has 0 saturated heterocycles. The van der Waals surface area contributed by atoms with Crippen LogP contribution in [0.2, 0.25) is 0 Å². The summed E-state index contributed by atoms with van der Waals surface area (Å²) in [5.41, 5.74) is 0.378. The zero-order valence-corrected chi connectivity index (χ0v) is 15.1. The molecule has 0 bridgehead atoms. The molecule has 3 rings (SSSR count). The first-order valence-corrected chi connectivity index (χ1v) is 8.30. The Bertz CT molecular complexity index is 1080. The summed E-state index contributed by atoms with van der Waals surface area (Å²) in [6.45, 7) is -1.61. The van der Waals surface area contributed by atoms with Crippen LogP contribution in [-0.2, 0) is 34.1 Å². The van der Waals surface area contributed by atoms with Crippen molar-refractivity contribution in [3.05, 3.63) is 54.1 Å².